The molecule has 1 atom stereocenters. The number of halogens is 4. The largest absolute Gasteiger partial charge is 0.416 e. The van der Waals surface area contributed by atoms with E-state index in [1.54, 1.807) is 26.8 Å². The lowest BCUT2D eigenvalue weighted by Crippen LogP contribution is -2.42. The third kappa shape index (κ3) is 8.24. The number of amides is 1. The smallest absolute Gasteiger partial charge is 0.357 e. The van der Waals surface area contributed by atoms with Gasteiger partial charge in [0.1, 0.15) is 0 Å². The highest BCUT2D eigenvalue weighted by molar-refractivity contribution is 14.0. The first kappa shape index (κ1) is 26.5. The zero-order chi connectivity index (χ0) is 20.7. The van der Waals surface area contributed by atoms with Crippen molar-refractivity contribution in [1.82, 2.24) is 16.0 Å². The number of carbonyl (C=O) groups is 1. The van der Waals surface area contributed by atoms with Gasteiger partial charge in [-0.1, -0.05) is 12.1 Å². The summed E-state index contributed by atoms with van der Waals surface area (Å²) in [6, 6.07) is 4.80. The minimum absolute atomic E-state index is 0. The molecule has 0 aliphatic rings. The molecule has 0 aromatic heterocycles. The Morgan fingerprint density at radius 1 is 1.14 bits per heavy atom. The average molecular weight is 514 g/mol. The van der Waals surface area contributed by atoms with Gasteiger partial charge in [0.25, 0.3) is 0 Å². The van der Waals surface area contributed by atoms with Crippen LogP contribution in [-0.4, -0.2) is 31.5 Å². The summed E-state index contributed by atoms with van der Waals surface area (Å²) >= 11 is 0. The number of hydrogen-bond donors (Lipinski definition) is 3. The number of nitrogens with one attached hydrogen (secondary N) is 3. The highest BCUT2D eigenvalue weighted by atomic mass is 127. The summed E-state index contributed by atoms with van der Waals surface area (Å²) in [6.07, 6.45) is -4.38. The van der Waals surface area contributed by atoms with Crippen LogP contribution in [0.25, 0.3) is 0 Å². The first-order chi connectivity index (χ1) is 12.5. The van der Waals surface area contributed by atoms with Crippen molar-refractivity contribution in [2.24, 2.45) is 10.4 Å². The number of guanidine groups is 1. The fourth-order valence-electron chi connectivity index (χ4n) is 2.34. The quantitative estimate of drug-likeness (QED) is 0.292. The van der Waals surface area contributed by atoms with Crippen molar-refractivity contribution in [3.8, 4) is 0 Å². The number of nitrogens with zero attached hydrogens (tertiary/aromatic N) is 1. The Morgan fingerprint density at radius 3 is 2.29 bits per heavy atom. The summed E-state index contributed by atoms with van der Waals surface area (Å²) in [5.41, 5.74) is -0.885. The third-order valence-corrected chi connectivity index (χ3v) is 4.00. The van der Waals surface area contributed by atoms with Gasteiger partial charge in [0, 0.05) is 13.1 Å². The van der Waals surface area contributed by atoms with Crippen molar-refractivity contribution in [3.05, 3.63) is 35.4 Å². The van der Waals surface area contributed by atoms with Gasteiger partial charge in [0.05, 0.1) is 23.6 Å². The second-order valence-electron chi connectivity index (χ2n) is 6.93. The van der Waals surface area contributed by atoms with Gasteiger partial charge in [-0.05, 0) is 52.3 Å². The van der Waals surface area contributed by atoms with Gasteiger partial charge in [0.2, 0.25) is 5.91 Å². The first-order valence-electron chi connectivity index (χ1n) is 9.01. The number of aliphatic imine (C=N–C) groups is 1. The molecule has 28 heavy (non-hydrogen) atoms. The van der Waals surface area contributed by atoms with Crippen molar-refractivity contribution < 1.29 is 18.0 Å². The van der Waals surface area contributed by atoms with Crippen LogP contribution in [0.15, 0.2) is 29.3 Å². The van der Waals surface area contributed by atoms with Gasteiger partial charge >= 0.3 is 6.18 Å². The lowest BCUT2D eigenvalue weighted by atomic mass is 9.92. The van der Waals surface area contributed by atoms with Crippen LogP contribution in [0.2, 0.25) is 0 Å². The molecule has 0 fully saturated rings. The minimum atomic E-state index is -4.38. The Kier molecular flexibility index (Phi) is 10.9. The van der Waals surface area contributed by atoms with Crippen molar-refractivity contribution >= 4 is 35.8 Å². The van der Waals surface area contributed by atoms with E-state index >= 15 is 0 Å². The second kappa shape index (κ2) is 11.5. The van der Waals surface area contributed by atoms with E-state index in [1.807, 2.05) is 13.8 Å². The van der Waals surface area contributed by atoms with Gasteiger partial charge < -0.3 is 16.0 Å². The van der Waals surface area contributed by atoms with Crippen LogP contribution >= 0.6 is 24.0 Å². The first-order valence-corrected chi connectivity index (χ1v) is 9.01. The van der Waals surface area contributed by atoms with E-state index in [9.17, 15) is 18.0 Å². The van der Waals surface area contributed by atoms with E-state index in [1.165, 1.54) is 6.07 Å². The molecule has 0 heterocycles. The summed E-state index contributed by atoms with van der Waals surface area (Å²) in [6.45, 7) is 10.4. The molecule has 0 spiro atoms. The molecule has 1 unspecified atom stereocenters. The van der Waals surface area contributed by atoms with Gasteiger partial charge in [-0.15, -0.1) is 24.0 Å². The topological polar surface area (TPSA) is 65.5 Å². The number of carbonyl (C=O) groups excluding carboxylic acids is 1. The standard InChI is InChI=1S/C19H29F3N4O.HI/c1-6-23-16(27)18(4,5)12-25-17(24-7-2)26-13(3)14-9-8-10-15(11-14)19(20,21)22;/h8-11,13H,6-7,12H2,1-5H3,(H,23,27)(H2,24,25,26);1H. The average Bonchev–Trinajstić information content (AvgIpc) is 2.59. The van der Waals surface area contributed by atoms with Crippen molar-refractivity contribution in [3.63, 3.8) is 0 Å². The Labute approximate surface area is 182 Å². The van der Waals surface area contributed by atoms with E-state index in [2.05, 4.69) is 20.9 Å². The molecule has 1 aromatic carbocycles. The molecule has 0 aliphatic heterocycles. The van der Waals surface area contributed by atoms with E-state index < -0.39 is 23.2 Å². The molecule has 1 amide bonds. The molecule has 0 saturated carbocycles. The molecule has 1 aromatic rings. The number of alkyl halides is 3. The van der Waals surface area contributed by atoms with Crippen LogP contribution in [-0.2, 0) is 11.0 Å². The Morgan fingerprint density at radius 2 is 1.75 bits per heavy atom. The molecule has 160 valence electrons. The Balaban J connectivity index is 0.00000729. The molecule has 0 bridgehead atoms. The summed E-state index contributed by atoms with van der Waals surface area (Å²) in [5, 5.41) is 8.93. The van der Waals surface area contributed by atoms with E-state index in [4.69, 9.17) is 0 Å². The molecule has 0 saturated heterocycles. The van der Waals surface area contributed by atoms with E-state index in [-0.39, 0.29) is 36.4 Å². The lowest BCUT2D eigenvalue weighted by molar-refractivity contribution is -0.137. The molecule has 9 heteroatoms. The molecule has 0 aliphatic carbocycles. The molecule has 0 radical (unpaired) electrons. The summed E-state index contributed by atoms with van der Waals surface area (Å²) in [4.78, 5) is 16.5. The van der Waals surface area contributed by atoms with Gasteiger partial charge in [-0.2, -0.15) is 13.2 Å². The maximum absolute atomic E-state index is 12.9. The maximum Gasteiger partial charge on any atom is 0.416 e. The normalized spacial score (nSPS) is 13.4. The fraction of sp³-hybridized carbons (Fsp3) is 0.579. The van der Waals surface area contributed by atoms with Crippen molar-refractivity contribution in [1.29, 1.82) is 0 Å². The minimum Gasteiger partial charge on any atom is -0.357 e. The highest BCUT2D eigenvalue weighted by Gasteiger charge is 2.31. The summed E-state index contributed by atoms with van der Waals surface area (Å²) < 4.78 is 38.7. The number of hydrogen-bond acceptors (Lipinski definition) is 2. The molecular weight excluding hydrogens is 484 g/mol. The summed E-state index contributed by atoms with van der Waals surface area (Å²) in [5.74, 6) is 0.343. The molecular formula is C19H30F3IN4O. The zero-order valence-corrected chi connectivity index (χ0v) is 19.2. The van der Waals surface area contributed by atoms with E-state index in [0.717, 1.165) is 12.1 Å². The van der Waals surface area contributed by atoms with E-state index in [0.29, 0.717) is 24.6 Å². The highest BCUT2D eigenvalue weighted by Crippen LogP contribution is 2.30. The second-order valence-corrected chi connectivity index (χ2v) is 6.93. The van der Waals surface area contributed by atoms with Crippen molar-refractivity contribution in [2.75, 3.05) is 19.6 Å². The van der Waals surface area contributed by atoms with Crippen LogP contribution in [0.1, 0.15) is 51.8 Å². The molecule has 3 N–H and O–H groups in total. The lowest BCUT2D eigenvalue weighted by Gasteiger charge is -2.23. The predicted octanol–water partition coefficient (Wildman–Crippen LogP) is 4.10. The summed E-state index contributed by atoms with van der Waals surface area (Å²) in [7, 11) is 0. The predicted molar refractivity (Wildman–Crippen MR) is 117 cm³/mol. The van der Waals surface area contributed by atoms with Crippen molar-refractivity contribution in [2.45, 2.75) is 46.8 Å². The maximum atomic E-state index is 12.9. The van der Waals surface area contributed by atoms with Gasteiger partial charge in [-0.3, -0.25) is 9.79 Å². The van der Waals surface area contributed by atoms with Crippen LogP contribution in [0.3, 0.4) is 0 Å². The number of benzene rings is 1. The van der Waals surface area contributed by atoms with Crippen LogP contribution in [0, 0.1) is 5.41 Å². The number of rotatable bonds is 7. The Bertz CT molecular complexity index is 663. The van der Waals surface area contributed by atoms with Gasteiger partial charge in [0.15, 0.2) is 5.96 Å². The molecule has 5 nitrogen and oxygen atoms in total. The third-order valence-electron chi connectivity index (χ3n) is 4.00. The van der Waals surface area contributed by atoms with Crippen LogP contribution < -0.4 is 16.0 Å². The fourth-order valence-corrected chi connectivity index (χ4v) is 2.34. The Hall–Kier alpha value is -1.52. The monoisotopic (exact) mass is 514 g/mol. The van der Waals surface area contributed by atoms with Gasteiger partial charge in [-0.25, -0.2) is 0 Å². The SMILES string of the molecule is CCNC(=O)C(C)(C)CN=C(NCC)NC(C)c1cccc(C(F)(F)F)c1.I. The zero-order valence-electron chi connectivity index (χ0n) is 16.9. The van der Waals surface area contributed by atoms with Crippen LogP contribution in [0.4, 0.5) is 13.2 Å². The molecule has 1 rings (SSSR count). The van der Waals surface area contributed by atoms with Crippen LogP contribution in [0.5, 0.6) is 0 Å².